The fourth-order valence-corrected chi connectivity index (χ4v) is 4.68. The van der Waals surface area contributed by atoms with Crippen molar-refractivity contribution in [3.8, 4) is 0 Å². The van der Waals surface area contributed by atoms with Gasteiger partial charge in [0.15, 0.2) is 0 Å². The largest absolute Gasteiger partial charge is 0.324 e. The van der Waals surface area contributed by atoms with Gasteiger partial charge < -0.3 is 4.90 Å². The average Bonchev–Trinajstić information content (AvgIpc) is 3.11. The molecule has 2 saturated heterocycles. The third-order valence-electron chi connectivity index (χ3n) is 4.61. The van der Waals surface area contributed by atoms with E-state index < -0.39 is 0 Å². The zero-order valence-corrected chi connectivity index (χ0v) is 13.0. The molecular formula is C15H26N2OS. The Bertz CT molecular complexity index is 348. The monoisotopic (exact) mass is 282 g/mol. The molecule has 2 heterocycles. The second-order valence-corrected chi connectivity index (χ2v) is 8.23. The van der Waals surface area contributed by atoms with Crippen molar-refractivity contribution in [1.82, 2.24) is 10.2 Å². The summed E-state index contributed by atoms with van der Waals surface area (Å²) >= 11 is 2.07. The lowest BCUT2D eigenvalue weighted by Gasteiger charge is -2.31. The van der Waals surface area contributed by atoms with E-state index >= 15 is 0 Å². The summed E-state index contributed by atoms with van der Waals surface area (Å²) in [5.74, 6) is 2.31. The van der Waals surface area contributed by atoms with Gasteiger partial charge in [0.1, 0.15) is 0 Å². The highest BCUT2D eigenvalue weighted by Crippen LogP contribution is 2.43. The van der Waals surface area contributed by atoms with Gasteiger partial charge in [0.25, 0.3) is 0 Å². The lowest BCUT2D eigenvalue weighted by atomic mass is 10.1. The first-order valence-electron chi connectivity index (χ1n) is 7.81. The molecule has 3 nitrogen and oxygen atoms in total. The van der Waals surface area contributed by atoms with E-state index in [-0.39, 0.29) is 11.7 Å². The number of thioether (sulfide) groups is 1. The Morgan fingerprint density at radius 1 is 1.42 bits per heavy atom. The quantitative estimate of drug-likeness (QED) is 0.860. The molecule has 2 aliphatic heterocycles. The van der Waals surface area contributed by atoms with E-state index in [1.165, 1.54) is 25.0 Å². The Morgan fingerprint density at radius 2 is 2.21 bits per heavy atom. The third kappa shape index (κ3) is 2.80. The molecule has 1 spiro atoms. The minimum Gasteiger partial charge on any atom is -0.324 e. The zero-order chi connectivity index (χ0) is 13.5. The Hall–Kier alpha value is -0.220. The summed E-state index contributed by atoms with van der Waals surface area (Å²) in [4.78, 5) is 14.8. The first-order chi connectivity index (χ1) is 9.11. The Balaban J connectivity index is 1.66. The standard InChI is InChI=1S/C15H26N2OS/c1-11(2)9-13-16-15(6-7-15)14(18)17(13)10-12-5-3-4-8-19-12/h11-13,16H,3-10H2,1-2H3. The highest BCUT2D eigenvalue weighted by atomic mass is 32.2. The van der Waals surface area contributed by atoms with Crippen LogP contribution in [0.2, 0.25) is 0 Å². The fourth-order valence-electron chi connectivity index (χ4n) is 3.37. The second-order valence-electron chi connectivity index (χ2n) is 6.82. The SMILES string of the molecule is CC(C)CC1NC2(CC2)C(=O)N1CC1CCCCS1. The number of carbonyl (C=O) groups excluding carboxylic acids is 1. The maximum Gasteiger partial charge on any atom is 0.244 e. The summed E-state index contributed by atoms with van der Waals surface area (Å²) in [6, 6.07) is 0. The summed E-state index contributed by atoms with van der Waals surface area (Å²) in [6.07, 6.45) is 7.46. The predicted molar refractivity (Wildman–Crippen MR) is 80.2 cm³/mol. The van der Waals surface area contributed by atoms with Crippen LogP contribution in [0.1, 0.15) is 52.4 Å². The van der Waals surface area contributed by atoms with E-state index in [0.717, 1.165) is 25.8 Å². The first-order valence-corrected chi connectivity index (χ1v) is 8.86. The van der Waals surface area contributed by atoms with Gasteiger partial charge in [0.2, 0.25) is 5.91 Å². The van der Waals surface area contributed by atoms with Crippen LogP contribution in [0.5, 0.6) is 0 Å². The van der Waals surface area contributed by atoms with Crippen molar-refractivity contribution < 1.29 is 4.79 Å². The summed E-state index contributed by atoms with van der Waals surface area (Å²) in [6.45, 7) is 5.46. The van der Waals surface area contributed by atoms with E-state index in [1.807, 2.05) is 0 Å². The van der Waals surface area contributed by atoms with Crippen LogP contribution < -0.4 is 5.32 Å². The summed E-state index contributed by atoms with van der Waals surface area (Å²) in [5, 5.41) is 4.30. The van der Waals surface area contributed by atoms with Crippen LogP contribution in [0, 0.1) is 5.92 Å². The zero-order valence-electron chi connectivity index (χ0n) is 12.2. The molecule has 2 unspecified atom stereocenters. The molecule has 0 aromatic carbocycles. The van der Waals surface area contributed by atoms with E-state index in [0.29, 0.717) is 17.1 Å². The lowest BCUT2D eigenvalue weighted by Crippen LogP contribution is -2.42. The van der Waals surface area contributed by atoms with Crippen LogP contribution in [0.15, 0.2) is 0 Å². The number of nitrogens with zero attached hydrogens (tertiary/aromatic N) is 1. The van der Waals surface area contributed by atoms with E-state index in [1.54, 1.807) is 0 Å². The highest BCUT2D eigenvalue weighted by Gasteiger charge is 2.59. The summed E-state index contributed by atoms with van der Waals surface area (Å²) < 4.78 is 0. The number of carbonyl (C=O) groups is 1. The normalized spacial score (nSPS) is 33.4. The molecule has 3 fully saturated rings. The van der Waals surface area contributed by atoms with Crippen molar-refractivity contribution in [3.63, 3.8) is 0 Å². The molecule has 0 aromatic heterocycles. The predicted octanol–water partition coefficient (Wildman–Crippen LogP) is 2.61. The van der Waals surface area contributed by atoms with Crippen molar-refractivity contribution in [3.05, 3.63) is 0 Å². The number of hydrogen-bond donors (Lipinski definition) is 1. The van der Waals surface area contributed by atoms with Gasteiger partial charge in [0.05, 0.1) is 11.7 Å². The van der Waals surface area contributed by atoms with Gasteiger partial charge in [0, 0.05) is 11.8 Å². The average molecular weight is 282 g/mol. The van der Waals surface area contributed by atoms with Crippen molar-refractivity contribution in [2.45, 2.75) is 69.3 Å². The molecule has 4 heteroatoms. The van der Waals surface area contributed by atoms with Crippen LogP contribution in [-0.4, -0.2) is 40.1 Å². The van der Waals surface area contributed by atoms with Gasteiger partial charge in [-0.1, -0.05) is 20.3 Å². The van der Waals surface area contributed by atoms with Gasteiger partial charge in [-0.3, -0.25) is 10.1 Å². The molecule has 19 heavy (non-hydrogen) atoms. The number of nitrogens with one attached hydrogen (secondary N) is 1. The molecule has 2 atom stereocenters. The molecular weight excluding hydrogens is 256 g/mol. The van der Waals surface area contributed by atoms with Crippen LogP contribution in [0.4, 0.5) is 0 Å². The third-order valence-corrected chi connectivity index (χ3v) is 5.99. The van der Waals surface area contributed by atoms with Gasteiger partial charge in [-0.15, -0.1) is 0 Å². The molecule has 1 saturated carbocycles. The molecule has 1 N–H and O–H groups in total. The highest BCUT2D eigenvalue weighted by molar-refractivity contribution is 7.99. The molecule has 0 bridgehead atoms. The van der Waals surface area contributed by atoms with Crippen molar-refractivity contribution >= 4 is 17.7 Å². The Morgan fingerprint density at radius 3 is 2.79 bits per heavy atom. The van der Waals surface area contributed by atoms with Gasteiger partial charge in [-0.25, -0.2) is 0 Å². The number of hydrogen-bond acceptors (Lipinski definition) is 3. The van der Waals surface area contributed by atoms with Gasteiger partial charge in [-0.2, -0.15) is 11.8 Å². The minimum absolute atomic E-state index is 0.140. The summed E-state index contributed by atoms with van der Waals surface area (Å²) in [7, 11) is 0. The number of amides is 1. The minimum atomic E-state index is -0.140. The Kier molecular flexibility index (Phi) is 3.82. The van der Waals surface area contributed by atoms with E-state index in [9.17, 15) is 4.79 Å². The smallest absolute Gasteiger partial charge is 0.244 e. The molecule has 1 amide bonds. The maximum absolute atomic E-state index is 12.6. The molecule has 3 rings (SSSR count). The van der Waals surface area contributed by atoms with Crippen molar-refractivity contribution in [2.75, 3.05) is 12.3 Å². The topological polar surface area (TPSA) is 32.3 Å². The van der Waals surface area contributed by atoms with Crippen LogP contribution in [0.3, 0.4) is 0 Å². The maximum atomic E-state index is 12.6. The van der Waals surface area contributed by atoms with Gasteiger partial charge in [-0.05, 0) is 43.8 Å². The second kappa shape index (κ2) is 5.28. The van der Waals surface area contributed by atoms with Crippen LogP contribution in [0.25, 0.3) is 0 Å². The molecule has 3 aliphatic rings. The van der Waals surface area contributed by atoms with Crippen molar-refractivity contribution in [2.24, 2.45) is 5.92 Å². The molecule has 0 radical (unpaired) electrons. The molecule has 0 aromatic rings. The van der Waals surface area contributed by atoms with Crippen LogP contribution in [-0.2, 0) is 4.79 Å². The fraction of sp³-hybridized carbons (Fsp3) is 0.933. The lowest BCUT2D eigenvalue weighted by molar-refractivity contribution is -0.130. The number of rotatable bonds is 4. The Labute approximate surface area is 120 Å². The first kappa shape index (κ1) is 13.7. The summed E-state index contributed by atoms with van der Waals surface area (Å²) in [5.41, 5.74) is -0.140. The van der Waals surface area contributed by atoms with E-state index in [4.69, 9.17) is 0 Å². The molecule has 108 valence electrons. The van der Waals surface area contributed by atoms with E-state index in [2.05, 4.69) is 35.8 Å². The van der Waals surface area contributed by atoms with Crippen molar-refractivity contribution in [1.29, 1.82) is 0 Å². The van der Waals surface area contributed by atoms with Gasteiger partial charge >= 0.3 is 0 Å². The van der Waals surface area contributed by atoms with Crippen LogP contribution >= 0.6 is 11.8 Å². The molecule has 1 aliphatic carbocycles.